The van der Waals surface area contributed by atoms with E-state index in [0.717, 1.165) is 0 Å². The van der Waals surface area contributed by atoms with Crippen molar-refractivity contribution in [2.24, 2.45) is 11.8 Å². The highest BCUT2D eigenvalue weighted by molar-refractivity contribution is 5.90. The topological polar surface area (TPSA) is 65.1 Å². The van der Waals surface area contributed by atoms with Crippen LogP contribution in [0.2, 0.25) is 0 Å². The second-order valence-electron chi connectivity index (χ2n) is 5.56. The number of fused-ring (bicyclic) bond motifs is 2. The SMILES string of the molecule is COC(=O)N1C2C=CC1(C1OCCO1)C(C)C(=O)C2C. The van der Waals surface area contributed by atoms with E-state index in [1.54, 1.807) is 4.90 Å². The monoisotopic (exact) mass is 281 g/mol. The summed E-state index contributed by atoms with van der Waals surface area (Å²) in [7, 11) is 1.34. The van der Waals surface area contributed by atoms with Crippen LogP contribution in [0.5, 0.6) is 0 Å². The van der Waals surface area contributed by atoms with Crippen LogP contribution < -0.4 is 0 Å². The Balaban J connectivity index is 2.08. The minimum atomic E-state index is -0.891. The maximum atomic E-state index is 12.5. The van der Waals surface area contributed by atoms with Gasteiger partial charge in [-0.15, -0.1) is 0 Å². The van der Waals surface area contributed by atoms with E-state index >= 15 is 0 Å². The smallest absolute Gasteiger partial charge is 0.410 e. The second-order valence-corrected chi connectivity index (χ2v) is 5.56. The van der Waals surface area contributed by atoms with Gasteiger partial charge in [0, 0.05) is 11.8 Å². The largest absolute Gasteiger partial charge is 0.453 e. The zero-order valence-electron chi connectivity index (χ0n) is 11.9. The molecule has 4 atom stereocenters. The van der Waals surface area contributed by atoms with E-state index in [1.165, 1.54) is 7.11 Å². The third kappa shape index (κ3) is 1.52. The van der Waals surface area contributed by atoms with Crippen molar-refractivity contribution in [3.05, 3.63) is 12.2 Å². The van der Waals surface area contributed by atoms with Crippen LogP contribution >= 0.6 is 0 Å². The lowest BCUT2D eigenvalue weighted by Crippen LogP contribution is -2.68. The molecule has 6 nitrogen and oxygen atoms in total. The molecule has 4 unspecified atom stereocenters. The number of ketones is 1. The third-order valence-electron chi connectivity index (χ3n) is 4.73. The molecule has 3 aliphatic heterocycles. The van der Waals surface area contributed by atoms with Gasteiger partial charge in [0.1, 0.15) is 11.3 Å². The van der Waals surface area contributed by atoms with Crippen LogP contribution in [0, 0.1) is 11.8 Å². The molecule has 110 valence electrons. The summed E-state index contributed by atoms with van der Waals surface area (Å²) >= 11 is 0. The van der Waals surface area contributed by atoms with Crippen molar-refractivity contribution >= 4 is 11.9 Å². The Labute approximate surface area is 117 Å². The van der Waals surface area contributed by atoms with Crippen molar-refractivity contribution < 1.29 is 23.8 Å². The maximum absolute atomic E-state index is 12.5. The van der Waals surface area contributed by atoms with Gasteiger partial charge in [0.05, 0.1) is 26.4 Å². The van der Waals surface area contributed by atoms with Gasteiger partial charge in [-0.25, -0.2) is 4.79 Å². The predicted octanol–water partition coefficient (Wildman–Crippen LogP) is 0.960. The number of nitrogens with zero attached hydrogens (tertiary/aromatic N) is 1. The normalized spacial score (nSPS) is 40.5. The number of carbonyl (C=O) groups is 2. The van der Waals surface area contributed by atoms with Crippen molar-refractivity contribution in [2.75, 3.05) is 20.3 Å². The van der Waals surface area contributed by atoms with Crippen LogP contribution in [-0.2, 0) is 19.0 Å². The lowest BCUT2D eigenvalue weighted by Gasteiger charge is -2.50. The summed E-state index contributed by atoms with van der Waals surface area (Å²) in [6.07, 6.45) is 2.71. The molecule has 0 N–H and O–H groups in total. The summed E-state index contributed by atoms with van der Waals surface area (Å²) in [5.41, 5.74) is -0.891. The molecule has 3 rings (SSSR count). The zero-order valence-corrected chi connectivity index (χ0v) is 11.9. The molecular formula is C14H19NO5. The molecular weight excluding hydrogens is 262 g/mol. The molecule has 2 fully saturated rings. The highest BCUT2D eigenvalue weighted by Crippen LogP contribution is 2.47. The molecule has 0 aromatic rings. The summed E-state index contributed by atoms with van der Waals surface area (Å²) in [6.45, 7) is 4.61. The molecule has 2 bridgehead atoms. The van der Waals surface area contributed by atoms with Crippen LogP contribution in [-0.4, -0.2) is 55.0 Å². The number of hydrogen-bond donors (Lipinski definition) is 0. The van der Waals surface area contributed by atoms with Crippen LogP contribution in [0.15, 0.2) is 12.2 Å². The third-order valence-corrected chi connectivity index (χ3v) is 4.73. The highest BCUT2D eigenvalue weighted by atomic mass is 16.7. The van der Waals surface area contributed by atoms with Crippen LogP contribution in [0.4, 0.5) is 4.79 Å². The summed E-state index contributed by atoms with van der Waals surface area (Å²) < 4.78 is 16.1. The standard InChI is InChI=1S/C14H19NO5/c1-8-10-4-5-14(9(2)11(8)16,12-19-6-7-20-12)15(10)13(17)18-3/h4-5,8-10,12H,6-7H2,1-3H3. The van der Waals surface area contributed by atoms with Crippen molar-refractivity contribution in [2.45, 2.75) is 31.7 Å². The number of hydrogen-bond acceptors (Lipinski definition) is 5. The van der Waals surface area contributed by atoms with E-state index in [0.29, 0.717) is 13.2 Å². The molecule has 0 aromatic carbocycles. The Morgan fingerprint density at radius 2 is 2.05 bits per heavy atom. The second kappa shape index (κ2) is 4.56. The highest BCUT2D eigenvalue weighted by Gasteiger charge is 2.63. The first kappa shape index (κ1) is 13.6. The maximum Gasteiger partial charge on any atom is 0.410 e. The van der Waals surface area contributed by atoms with Gasteiger partial charge in [0.25, 0.3) is 0 Å². The van der Waals surface area contributed by atoms with Gasteiger partial charge in [0.2, 0.25) is 0 Å². The van der Waals surface area contributed by atoms with Crippen molar-refractivity contribution in [3.63, 3.8) is 0 Å². The first-order valence-electron chi connectivity index (χ1n) is 6.87. The molecule has 0 radical (unpaired) electrons. The molecule has 0 spiro atoms. The Morgan fingerprint density at radius 1 is 1.40 bits per heavy atom. The lowest BCUT2D eigenvalue weighted by atomic mass is 9.73. The molecule has 20 heavy (non-hydrogen) atoms. The number of Topliss-reactive ketones (excluding diaryl/α,β-unsaturated/α-hetero) is 1. The molecule has 0 aliphatic carbocycles. The minimum absolute atomic E-state index is 0.124. The van der Waals surface area contributed by atoms with E-state index in [4.69, 9.17) is 14.2 Å². The number of carbonyl (C=O) groups excluding carboxylic acids is 2. The Morgan fingerprint density at radius 3 is 2.65 bits per heavy atom. The van der Waals surface area contributed by atoms with E-state index < -0.39 is 23.8 Å². The quantitative estimate of drug-likeness (QED) is 0.670. The van der Waals surface area contributed by atoms with Gasteiger partial charge in [-0.05, 0) is 0 Å². The first-order valence-corrected chi connectivity index (χ1v) is 6.87. The lowest BCUT2D eigenvalue weighted by molar-refractivity contribution is -0.170. The van der Waals surface area contributed by atoms with Crippen molar-refractivity contribution in [1.29, 1.82) is 0 Å². The van der Waals surface area contributed by atoms with Gasteiger partial charge in [0.15, 0.2) is 6.29 Å². The summed E-state index contributed by atoms with van der Waals surface area (Å²) in [6, 6.07) is -0.293. The molecule has 0 aromatic heterocycles. The van der Waals surface area contributed by atoms with Crippen molar-refractivity contribution in [3.8, 4) is 0 Å². The molecule has 1 amide bonds. The van der Waals surface area contributed by atoms with Gasteiger partial charge >= 0.3 is 6.09 Å². The average Bonchev–Trinajstić information content (AvgIpc) is 3.09. The Kier molecular flexibility index (Phi) is 3.10. The minimum Gasteiger partial charge on any atom is -0.453 e. The van der Waals surface area contributed by atoms with E-state index in [-0.39, 0.29) is 17.7 Å². The number of methoxy groups -OCH3 is 1. The van der Waals surface area contributed by atoms with Gasteiger partial charge in [-0.1, -0.05) is 26.0 Å². The van der Waals surface area contributed by atoms with E-state index in [1.807, 2.05) is 26.0 Å². The summed E-state index contributed by atoms with van der Waals surface area (Å²) in [5, 5.41) is 0. The average molecular weight is 281 g/mol. The van der Waals surface area contributed by atoms with Crippen molar-refractivity contribution in [1.82, 2.24) is 4.90 Å². The zero-order chi connectivity index (χ0) is 14.5. The molecule has 3 aliphatic rings. The number of amides is 1. The number of ether oxygens (including phenoxy) is 3. The van der Waals surface area contributed by atoms with E-state index in [9.17, 15) is 9.59 Å². The van der Waals surface area contributed by atoms with Gasteiger partial charge < -0.3 is 14.2 Å². The summed E-state index contributed by atoms with van der Waals surface area (Å²) in [5.74, 6) is -0.522. The first-order chi connectivity index (χ1) is 9.54. The Bertz CT molecular complexity index is 470. The van der Waals surface area contributed by atoms with E-state index in [2.05, 4.69) is 0 Å². The predicted molar refractivity (Wildman–Crippen MR) is 68.9 cm³/mol. The number of rotatable bonds is 1. The fourth-order valence-electron chi connectivity index (χ4n) is 3.61. The van der Waals surface area contributed by atoms with Gasteiger partial charge in [-0.2, -0.15) is 0 Å². The van der Waals surface area contributed by atoms with Crippen LogP contribution in [0.3, 0.4) is 0 Å². The number of piperidine rings is 1. The molecule has 0 saturated carbocycles. The molecule has 2 saturated heterocycles. The van der Waals surface area contributed by atoms with Gasteiger partial charge in [-0.3, -0.25) is 9.69 Å². The Hall–Kier alpha value is -1.40. The fraction of sp³-hybridized carbons (Fsp3) is 0.714. The fourth-order valence-corrected chi connectivity index (χ4v) is 3.61. The van der Waals surface area contributed by atoms with Crippen LogP contribution in [0.1, 0.15) is 13.8 Å². The van der Waals surface area contributed by atoms with Crippen LogP contribution in [0.25, 0.3) is 0 Å². The molecule has 6 heteroatoms. The summed E-state index contributed by atoms with van der Waals surface area (Å²) in [4.78, 5) is 26.3. The molecule has 3 heterocycles.